The molecule has 0 aliphatic rings. The zero-order chi connectivity index (χ0) is 21.2. The van der Waals surface area contributed by atoms with Crippen molar-refractivity contribution >= 4 is 5.97 Å². The van der Waals surface area contributed by atoms with Crippen molar-refractivity contribution in [1.29, 1.82) is 0 Å². The Bertz CT molecular complexity index is 910. The summed E-state index contributed by atoms with van der Waals surface area (Å²) in [5.74, 6) is 0.916. The zero-order valence-electron chi connectivity index (χ0n) is 17.9. The summed E-state index contributed by atoms with van der Waals surface area (Å²) in [5, 5.41) is 0. The first-order valence-corrected chi connectivity index (χ1v) is 10.8. The average Bonchev–Trinajstić information content (AvgIpc) is 2.79. The Kier molecular flexibility index (Phi) is 8.08. The van der Waals surface area contributed by atoms with Crippen molar-refractivity contribution in [3.8, 4) is 22.6 Å². The normalized spacial score (nSPS) is 10.6. The van der Waals surface area contributed by atoms with E-state index in [1.54, 1.807) is 12.1 Å². The third-order valence-electron chi connectivity index (χ3n) is 4.98. The summed E-state index contributed by atoms with van der Waals surface area (Å²) in [5.41, 5.74) is 4.14. The Morgan fingerprint density at radius 3 is 1.90 bits per heavy atom. The molecule has 0 fully saturated rings. The maximum Gasteiger partial charge on any atom is 0.343 e. The van der Waals surface area contributed by atoms with E-state index in [9.17, 15) is 4.79 Å². The van der Waals surface area contributed by atoms with Crippen LogP contribution >= 0.6 is 0 Å². The van der Waals surface area contributed by atoms with Crippen LogP contribution in [0.2, 0.25) is 0 Å². The van der Waals surface area contributed by atoms with Crippen LogP contribution in [0.5, 0.6) is 11.5 Å². The number of esters is 1. The number of hydrogen-bond acceptors (Lipinski definition) is 3. The highest BCUT2D eigenvalue weighted by atomic mass is 16.5. The van der Waals surface area contributed by atoms with Crippen LogP contribution in [0.4, 0.5) is 0 Å². The van der Waals surface area contributed by atoms with Crippen molar-refractivity contribution < 1.29 is 14.3 Å². The minimum atomic E-state index is -0.366. The van der Waals surface area contributed by atoms with Gasteiger partial charge in [-0.2, -0.15) is 0 Å². The van der Waals surface area contributed by atoms with Crippen LogP contribution in [0.3, 0.4) is 0 Å². The molecule has 0 N–H and O–H groups in total. The fraction of sp³-hybridized carbons (Fsp3) is 0.296. The molecule has 3 aromatic carbocycles. The molecule has 0 amide bonds. The topological polar surface area (TPSA) is 35.5 Å². The number of rotatable bonds is 10. The fourth-order valence-electron chi connectivity index (χ4n) is 3.23. The number of hydrogen-bond donors (Lipinski definition) is 0. The van der Waals surface area contributed by atoms with Crippen molar-refractivity contribution in [2.24, 2.45) is 0 Å². The monoisotopic (exact) mass is 402 g/mol. The quantitative estimate of drug-likeness (QED) is 0.206. The molecule has 0 aliphatic carbocycles. The van der Waals surface area contributed by atoms with Crippen molar-refractivity contribution in [3.63, 3.8) is 0 Å². The number of carbonyl (C=O) groups excluding carboxylic acids is 1. The Hall–Kier alpha value is -3.07. The van der Waals surface area contributed by atoms with Crippen LogP contribution in [0, 0.1) is 0 Å². The molecule has 156 valence electrons. The summed E-state index contributed by atoms with van der Waals surface area (Å²) in [6, 6.07) is 23.4. The fourth-order valence-corrected chi connectivity index (χ4v) is 3.23. The first kappa shape index (κ1) is 21.6. The molecular weight excluding hydrogens is 372 g/mol. The molecule has 30 heavy (non-hydrogen) atoms. The lowest BCUT2D eigenvalue weighted by atomic mass is 10.0. The molecule has 0 aromatic heterocycles. The van der Waals surface area contributed by atoms with E-state index in [2.05, 4.69) is 38.1 Å². The van der Waals surface area contributed by atoms with Gasteiger partial charge in [0.15, 0.2) is 0 Å². The van der Waals surface area contributed by atoms with Crippen LogP contribution in [-0.2, 0) is 6.42 Å². The van der Waals surface area contributed by atoms with E-state index in [0.717, 1.165) is 29.7 Å². The van der Waals surface area contributed by atoms with Gasteiger partial charge in [0.1, 0.15) is 11.5 Å². The van der Waals surface area contributed by atoms with Gasteiger partial charge in [-0.15, -0.1) is 0 Å². The Morgan fingerprint density at radius 2 is 1.30 bits per heavy atom. The molecule has 3 heteroatoms. The van der Waals surface area contributed by atoms with Gasteiger partial charge in [-0.1, -0.05) is 63.1 Å². The first-order chi connectivity index (χ1) is 14.7. The van der Waals surface area contributed by atoms with Crippen molar-refractivity contribution in [3.05, 3.63) is 83.9 Å². The molecule has 0 unspecified atom stereocenters. The predicted octanol–water partition coefficient (Wildman–Crippen LogP) is 7.09. The van der Waals surface area contributed by atoms with Crippen LogP contribution in [0.1, 0.15) is 55.5 Å². The lowest BCUT2D eigenvalue weighted by Crippen LogP contribution is -2.08. The highest BCUT2D eigenvalue weighted by Crippen LogP contribution is 2.23. The number of carbonyl (C=O) groups is 1. The summed E-state index contributed by atoms with van der Waals surface area (Å²) in [7, 11) is 0. The van der Waals surface area contributed by atoms with Gasteiger partial charge < -0.3 is 9.47 Å². The molecule has 0 aliphatic heterocycles. The summed E-state index contributed by atoms with van der Waals surface area (Å²) < 4.78 is 11.0. The van der Waals surface area contributed by atoms with Gasteiger partial charge in [0.05, 0.1) is 12.2 Å². The molecule has 0 saturated heterocycles. The summed E-state index contributed by atoms with van der Waals surface area (Å²) in [6.07, 6.45) is 5.84. The van der Waals surface area contributed by atoms with E-state index in [-0.39, 0.29) is 5.97 Å². The van der Waals surface area contributed by atoms with Gasteiger partial charge in [-0.25, -0.2) is 4.79 Å². The minimum absolute atomic E-state index is 0.366. The summed E-state index contributed by atoms with van der Waals surface area (Å²) in [6.45, 7) is 4.96. The molecule has 0 spiro atoms. The number of ether oxygens (including phenoxy) is 2. The van der Waals surface area contributed by atoms with E-state index < -0.39 is 0 Å². The van der Waals surface area contributed by atoms with E-state index in [1.165, 1.54) is 24.8 Å². The molecule has 0 bridgehead atoms. The summed E-state index contributed by atoms with van der Waals surface area (Å²) in [4.78, 5) is 12.4. The van der Waals surface area contributed by atoms with Gasteiger partial charge in [-0.3, -0.25) is 0 Å². The average molecular weight is 403 g/mol. The molecule has 0 atom stereocenters. The van der Waals surface area contributed by atoms with Gasteiger partial charge in [0.2, 0.25) is 0 Å². The maximum absolute atomic E-state index is 12.4. The van der Waals surface area contributed by atoms with Crippen LogP contribution < -0.4 is 9.47 Å². The second-order valence-electron chi connectivity index (χ2n) is 7.44. The predicted molar refractivity (Wildman–Crippen MR) is 122 cm³/mol. The molecule has 3 nitrogen and oxygen atoms in total. The van der Waals surface area contributed by atoms with Gasteiger partial charge in [0, 0.05) is 0 Å². The Morgan fingerprint density at radius 1 is 0.700 bits per heavy atom. The van der Waals surface area contributed by atoms with Crippen LogP contribution in [0.25, 0.3) is 11.1 Å². The van der Waals surface area contributed by atoms with Crippen LogP contribution in [-0.4, -0.2) is 12.6 Å². The third kappa shape index (κ3) is 6.21. The highest BCUT2D eigenvalue weighted by Gasteiger charge is 2.09. The summed E-state index contributed by atoms with van der Waals surface area (Å²) >= 11 is 0. The van der Waals surface area contributed by atoms with E-state index in [4.69, 9.17) is 9.47 Å². The Labute approximate surface area is 179 Å². The van der Waals surface area contributed by atoms with Gasteiger partial charge in [-0.05, 0) is 72.4 Å². The lowest BCUT2D eigenvalue weighted by molar-refractivity contribution is 0.0734. The number of unbranched alkanes of at least 4 members (excludes halogenated alkanes) is 2. The van der Waals surface area contributed by atoms with E-state index >= 15 is 0 Å². The largest absolute Gasteiger partial charge is 0.494 e. The molecule has 0 heterocycles. The first-order valence-electron chi connectivity index (χ1n) is 10.8. The highest BCUT2D eigenvalue weighted by molar-refractivity contribution is 5.91. The molecule has 0 saturated carbocycles. The number of aryl methyl sites for hydroxylation is 1. The minimum Gasteiger partial charge on any atom is -0.494 e. The van der Waals surface area contributed by atoms with Crippen molar-refractivity contribution in [2.45, 2.75) is 46.0 Å². The molecule has 3 aromatic rings. The lowest BCUT2D eigenvalue weighted by Gasteiger charge is -2.08. The molecule has 0 radical (unpaired) electrons. The third-order valence-corrected chi connectivity index (χ3v) is 4.98. The zero-order valence-corrected chi connectivity index (χ0v) is 17.9. The Balaban J connectivity index is 1.58. The van der Waals surface area contributed by atoms with Crippen LogP contribution in [0.15, 0.2) is 72.8 Å². The second-order valence-corrected chi connectivity index (χ2v) is 7.44. The SMILES string of the molecule is CCCCCc1ccc(-c2ccc(C(=O)Oc3ccc(OCCC)cc3)cc2)cc1. The standard InChI is InChI=1S/C27H30O3/c1-3-5-6-7-21-8-10-22(11-9-21)23-12-14-24(15-13-23)27(28)30-26-18-16-25(17-19-26)29-20-4-2/h8-19H,3-7,20H2,1-2H3. The molecular formula is C27H30O3. The van der Waals surface area contributed by atoms with Gasteiger partial charge in [0.25, 0.3) is 0 Å². The van der Waals surface area contributed by atoms with E-state index in [0.29, 0.717) is 17.9 Å². The maximum atomic E-state index is 12.4. The second kappa shape index (κ2) is 11.2. The number of benzene rings is 3. The van der Waals surface area contributed by atoms with Gasteiger partial charge >= 0.3 is 5.97 Å². The van der Waals surface area contributed by atoms with Crippen molar-refractivity contribution in [2.75, 3.05) is 6.61 Å². The van der Waals surface area contributed by atoms with Crippen molar-refractivity contribution in [1.82, 2.24) is 0 Å². The molecule has 3 rings (SSSR count). The van der Waals surface area contributed by atoms with E-state index in [1.807, 2.05) is 36.4 Å². The smallest absolute Gasteiger partial charge is 0.343 e.